The Kier molecular flexibility index (Phi) is 4.84. The van der Waals surface area contributed by atoms with E-state index in [4.69, 9.17) is 15.6 Å². The molecule has 0 bridgehead atoms. The van der Waals surface area contributed by atoms with E-state index in [2.05, 4.69) is 9.71 Å². The van der Waals surface area contributed by atoms with Crippen LogP contribution in [0.2, 0.25) is 0 Å². The molecule has 1 aromatic carbocycles. The molecular formula is C13H19N3O4S. The summed E-state index contributed by atoms with van der Waals surface area (Å²) in [4.78, 5) is 3.04. The topological polar surface area (TPSA) is 117 Å². The van der Waals surface area contributed by atoms with E-state index < -0.39 is 16.1 Å². The maximum atomic E-state index is 12.5. The molecule has 8 heteroatoms. The quantitative estimate of drug-likeness (QED) is 0.553. The van der Waals surface area contributed by atoms with Crippen LogP contribution in [0.25, 0.3) is 10.9 Å². The molecule has 0 spiro atoms. The number of aromatic amines is 1. The Morgan fingerprint density at radius 2 is 2.24 bits per heavy atom. The van der Waals surface area contributed by atoms with Crippen molar-refractivity contribution < 1.29 is 18.3 Å². The number of methoxy groups -OCH3 is 1. The van der Waals surface area contributed by atoms with Crippen LogP contribution in [0.3, 0.4) is 0 Å². The number of H-pyrrole nitrogens is 1. The van der Waals surface area contributed by atoms with Gasteiger partial charge in [-0.1, -0.05) is 0 Å². The summed E-state index contributed by atoms with van der Waals surface area (Å²) in [6.07, 6.45) is 1.71. The average Bonchev–Trinajstić information content (AvgIpc) is 2.82. The van der Waals surface area contributed by atoms with Crippen LogP contribution in [0.4, 0.5) is 5.69 Å². The fraction of sp³-hybridized carbons (Fsp3) is 0.385. The van der Waals surface area contributed by atoms with Gasteiger partial charge in [0, 0.05) is 42.5 Å². The number of benzene rings is 1. The average molecular weight is 313 g/mol. The van der Waals surface area contributed by atoms with Crippen LogP contribution in [-0.4, -0.2) is 44.9 Å². The molecule has 21 heavy (non-hydrogen) atoms. The number of nitrogens with two attached hydrogens (primary N) is 1. The van der Waals surface area contributed by atoms with Crippen molar-refractivity contribution in [1.82, 2.24) is 9.71 Å². The molecule has 1 aromatic heterocycles. The normalized spacial score (nSPS) is 13.6. The number of aliphatic hydroxyl groups excluding tert-OH is 1. The summed E-state index contributed by atoms with van der Waals surface area (Å²) in [5.41, 5.74) is 6.88. The molecule has 0 aliphatic rings. The maximum absolute atomic E-state index is 12.5. The van der Waals surface area contributed by atoms with Gasteiger partial charge in [0.2, 0.25) is 10.0 Å². The minimum absolute atomic E-state index is 0.124. The van der Waals surface area contributed by atoms with Gasteiger partial charge in [0.15, 0.2) is 0 Å². The largest absolute Gasteiger partial charge is 0.399 e. The Hall–Kier alpha value is -1.61. The third-order valence-electron chi connectivity index (χ3n) is 3.12. The number of fused-ring (bicyclic) bond motifs is 1. The van der Waals surface area contributed by atoms with Gasteiger partial charge >= 0.3 is 0 Å². The summed E-state index contributed by atoms with van der Waals surface area (Å²) in [7, 11) is -2.23. The first kappa shape index (κ1) is 15.8. The van der Waals surface area contributed by atoms with Gasteiger partial charge in [0.1, 0.15) is 4.90 Å². The molecule has 0 amide bonds. The molecule has 1 heterocycles. The highest BCUT2D eigenvalue weighted by molar-refractivity contribution is 7.89. The van der Waals surface area contributed by atoms with Crippen molar-refractivity contribution in [3.05, 3.63) is 24.4 Å². The second-order valence-electron chi connectivity index (χ2n) is 4.74. The van der Waals surface area contributed by atoms with Crippen LogP contribution in [0.1, 0.15) is 6.42 Å². The molecule has 116 valence electrons. The number of aromatic nitrogens is 1. The highest BCUT2D eigenvalue weighted by atomic mass is 32.2. The Morgan fingerprint density at radius 3 is 2.90 bits per heavy atom. The Morgan fingerprint density at radius 1 is 1.48 bits per heavy atom. The van der Waals surface area contributed by atoms with E-state index in [0.717, 1.165) is 0 Å². The van der Waals surface area contributed by atoms with Gasteiger partial charge in [-0.3, -0.25) is 0 Å². The third kappa shape index (κ3) is 3.53. The van der Waals surface area contributed by atoms with Crippen LogP contribution in [-0.2, 0) is 14.8 Å². The lowest BCUT2D eigenvalue weighted by Gasteiger charge is -2.16. The molecule has 7 nitrogen and oxygen atoms in total. The van der Waals surface area contributed by atoms with Crippen molar-refractivity contribution in [3.8, 4) is 0 Å². The summed E-state index contributed by atoms with van der Waals surface area (Å²) in [6.45, 7) is 0.0655. The molecular weight excluding hydrogens is 294 g/mol. The molecule has 0 fully saturated rings. The number of hydrogen-bond donors (Lipinski definition) is 4. The first-order valence-corrected chi connectivity index (χ1v) is 7.95. The van der Waals surface area contributed by atoms with E-state index in [9.17, 15) is 8.42 Å². The third-order valence-corrected chi connectivity index (χ3v) is 4.69. The Balaban J connectivity index is 2.32. The summed E-state index contributed by atoms with van der Waals surface area (Å²) in [6, 6.07) is 4.50. The van der Waals surface area contributed by atoms with Gasteiger partial charge < -0.3 is 20.6 Å². The molecule has 0 aliphatic carbocycles. The first-order chi connectivity index (χ1) is 9.97. The van der Waals surface area contributed by atoms with Crippen LogP contribution >= 0.6 is 0 Å². The maximum Gasteiger partial charge on any atom is 0.243 e. The van der Waals surface area contributed by atoms with Gasteiger partial charge in [0.05, 0.1) is 6.61 Å². The fourth-order valence-corrected chi connectivity index (χ4v) is 3.59. The molecule has 2 aromatic rings. The SMILES string of the molecule is COCC(CCO)NS(=O)(=O)c1c[nH]c2cc(N)ccc12. The fourth-order valence-electron chi connectivity index (χ4n) is 2.16. The number of nitrogen functional groups attached to an aromatic ring is 1. The lowest BCUT2D eigenvalue weighted by Crippen LogP contribution is -2.38. The Bertz CT molecular complexity index is 705. The van der Waals surface area contributed by atoms with Crippen LogP contribution < -0.4 is 10.5 Å². The number of rotatable bonds is 7. The van der Waals surface area contributed by atoms with Crippen molar-refractivity contribution in [2.75, 3.05) is 26.1 Å². The number of anilines is 1. The predicted molar refractivity (Wildman–Crippen MR) is 80.4 cm³/mol. The molecule has 2 rings (SSSR count). The van der Waals surface area contributed by atoms with Gasteiger partial charge in [0.25, 0.3) is 0 Å². The number of nitrogens with one attached hydrogen (secondary N) is 2. The standard InChI is InChI=1S/C13H19N3O4S/c1-20-8-10(4-5-17)16-21(18,19)13-7-15-12-6-9(14)2-3-11(12)13/h2-3,6-7,10,15-17H,4-5,8,14H2,1H3. The van der Waals surface area contributed by atoms with Gasteiger partial charge in [-0.15, -0.1) is 0 Å². The van der Waals surface area contributed by atoms with Crippen LogP contribution in [0.15, 0.2) is 29.3 Å². The number of ether oxygens (including phenoxy) is 1. The number of hydrogen-bond acceptors (Lipinski definition) is 5. The molecule has 0 aliphatic heterocycles. The molecule has 0 saturated carbocycles. The van der Waals surface area contributed by atoms with E-state index >= 15 is 0 Å². The lowest BCUT2D eigenvalue weighted by molar-refractivity contribution is 0.158. The van der Waals surface area contributed by atoms with Crippen molar-refractivity contribution in [1.29, 1.82) is 0 Å². The summed E-state index contributed by atoms with van der Waals surface area (Å²) < 4.78 is 32.4. The van der Waals surface area contributed by atoms with E-state index in [-0.39, 0.29) is 24.5 Å². The first-order valence-electron chi connectivity index (χ1n) is 6.46. The summed E-state index contributed by atoms with van der Waals surface area (Å²) >= 11 is 0. The van der Waals surface area contributed by atoms with E-state index in [1.54, 1.807) is 18.2 Å². The predicted octanol–water partition coefficient (Wildman–Crippen LogP) is 0.426. The summed E-state index contributed by atoms with van der Waals surface area (Å²) in [5, 5.41) is 9.55. The molecule has 0 radical (unpaired) electrons. The van der Waals surface area contributed by atoms with Gasteiger partial charge in [-0.05, 0) is 24.6 Å². The van der Waals surface area contributed by atoms with Gasteiger partial charge in [-0.25, -0.2) is 13.1 Å². The van der Waals surface area contributed by atoms with Crippen molar-refractivity contribution in [2.24, 2.45) is 0 Å². The highest BCUT2D eigenvalue weighted by Crippen LogP contribution is 2.24. The van der Waals surface area contributed by atoms with E-state index in [1.807, 2.05) is 0 Å². The van der Waals surface area contributed by atoms with Crippen LogP contribution in [0.5, 0.6) is 0 Å². The molecule has 1 unspecified atom stereocenters. The highest BCUT2D eigenvalue weighted by Gasteiger charge is 2.23. The molecule has 5 N–H and O–H groups in total. The van der Waals surface area contributed by atoms with Crippen molar-refractivity contribution in [3.63, 3.8) is 0 Å². The minimum atomic E-state index is -3.71. The zero-order valence-electron chi connectivity index (χ0n) is 11.7. The molecule has 1 atom stereocenters. The minimum Gasteiger partial charge on any atom is -0.399 e. The monoisotopic (exact) mass is 313 g/mol. The Labute approximate surface area is 123 Å². The van der Waals surface area contributed by atoms with E-state index in [0.29, 0.717) is 16.6 Å². The zero-order chi connectivity index (χ0) is 15.5. The molecule has 0 saturated heterocycles. The van der Waals surface area contributed by atoms with Crippen LogP contribution in [0, 0.1) is 0 Å². The van der Waals surface area contributed by atoms with Crippen molar-refractivity contribution in [2.45, 2.75) is 17.4 Å². The lowest BCUT2D eigenvalue weighted by atomic mass is 10.2. The second-order valence-corrected chi connectivity index (χ2v) is 6.43. The number of sulfonamides is 1. The smallest absolute Gasteiger partial charge is 0.243 e. The van der Waals surface area contributed by atoms with Crippen molar-refractivity contribution >= 4 is 26.6 Å². The van der Waals surface area contributed by atoms with Gasteiger partial charge in [-0.2, -0.15) is 0 Å². The summed E-state index contributed by atoms with van der Waals surface area (Å²) in [5.74, 6) is 0. The zero-order valence-corrected chi connectivity index (χ0v) is 12.5. The second kappa shape index (κ2) is 6.44. The van der Waals surface area contributed by atoms with E-state index in [1.165, 1.54) is 13.3 Å². The number of aliphatic hydroxyl groups is 1.